The molecule has 1 unspecified atom stereocenters. The van der Waals surface area contributed by atoms with Gasteiger partial charge in [0.1, 0.15) is 11.6 Å². The van der Waals surface area contributed by atoms with Crippen LogP contribution in [0.1, 0.15) is 11.6 Å². The minimum atomic E-state index is -0.345. The van der Waals surface area contributed by atoms with Crippen LogP contribution >= 0.6 is 15.9 Å². The Kier molecular flexibility index (Phi) is 3.23. The van der Waals surface area contributed by atoms with Crippen molar-refractivity contribution in [1.29, 1.82) is 0 Å². The minimum absolute atomic E-state index is 0.0405. The van der Waals surface area contributed by atoms with E-state index in [1.165, 1.54) is 12.1 Å². The molecular formula is C10H11BrFNO2. The highest BCUT2D eigenvalue weighted by Gasteiger charge is 2.22. The molecule has 1 aliphatic rings. The van der Waals surface area contributed by atoms with Gasteiger partial charge in [0.25, 0.3) is 0 Å². The van der Waals surface area contributed by atoms with Gasteiger partial charge in [-0.15, -0.1) is 0 Å². The first-order chi connectivity index (χ1) is 7.20. The van der Waals surface area contributed by atoms with Crippen LogP contribution in [0.5, 0.6) is 5.75 Å². The molecule has 1 aromatic rings. The van der Waals surface area contributed by atoms with Crippen LogP contribution in [0.3, 0.4) is 0 Å². The summed E-state index contributed by atoms with van der Waals surface area (Å²) in [5.74, 6) is -0.304. The average Bonchev–Trinajstić information content (AvgIpc) is 2.26. The number of phenols is 1. The van der Waals surface area contributed by atoms with Crippen molar-refractivity contribution in [1.82, 2.24) is 5.32 Å². The van der Waals surface area contributed by atoms with Crippen molar-refractivity contribution in [3.05, 3.63) is 28.0 Å². The summed E-state index contributed by atoms with van der Waals surface area (Å²) in [6.45, 7) is 1.74. The van der Waals surface area contributed by atoms with Crippen LogP contribution in [-0.2, 0) is 4.74 Å². The summed E-state index contributed by atoms with van der Waals surface area (Å²) < 4.78 is 19.2. The van der Waals surface area contributed by atoms with Gasteiger partial charge in [-0.1, -0.05) is 0 Å². The van der Waals surface area contributed by atoms with Crippen molar-refractivity contribution in [3.63, 3.8) is 0 Å². The molecule has 0 amide bonds. The number of hydrogen-bond acceptors (Lipinski definition) is 3. The molecule has 1 heterocycles. The number of morpholine rings is 1. The fourth-order valence-corrected chi connectivity index (χ4v) is 2.23. The second-order valence-electron chi connectivity index (χ2n) is 3.38. The van der Waals surface area contributed by atoms with E-state index in [9.17, 15) is 9.50 Å². The van der Waals surface area contributed by atoms with Crippen molar-refractivity contribution in [2.45, 2.75) is 6.04 Å². The molecule has 0 spiro atoms. The highest BCUT2D eigenvalue weighted by atomic mass is 79.9. The molecule has 1 atom stereocenters. The Hall–Kier alpha value is -0.650. The third-order valence-electron chi connectivity index (χ3n) is 2.38. The molecule has 1 aromatic carbocycles. The van der Waals surface area contributed by atoms with Crippen LogP contribution in [0, 0.1) is 5.82 Å². The van der Waals surface area contributed by atoms with Gasteiger partial charge in [-0.3, -0.25) is 0 Å². The van der Waals surface area contributed by atoms with E-state index >= 15 is 0 Å². The Morgan fingerprint density at radius 1 is 1.53 bits per heavy atom. The van der Waals surface area contributed by atoms with Crippen molar-refractivity contribution >= 4 is 15.9 Å². The van der Waals surface area contributed by atoms with E-state index in [0.717, 1.165) is 0 Å². The van der Waals surface area contributed by atoms with E-state index in [4.69, 9.17) is 4.74 Å². The van der Waals surface area contributed by atoms with E-state index in [-0.39, 0.29) is 17.6 Å². The highest BCUT2D eigenvalue weighted by molar-refractivity contribution is 9.10. The molecule has 2 rings (SSSR count). The SMILES string of the molecule is Oc1ccc(F)c(C2COCCN2)c1Br. The van der Waals surface area contributed by atoms with E-state index in [1.54, 1.807) is 0 Å². The zero-order valence-electron chi connectivity index (χ0n) is 7.96. The van der Waals surface area contributed by atoms with E-state index < -0.39 is 0 Å². The van der Waals surface area contributed by atoms with Crippen molar-refractivity contribution in [2.75, 3.05) is 19.8 Å². The van der Waals surface area contributed by atoms with Crippen molar-refractivity contribution in [2.24, 2.45) is 0 Å². The lowest BCUT2D eigenvalue weighted by Crippen LogP contribution is -2.35. The Morgan fingerprint density at radius 3 is 3.00 bits per heavy atom. The van der Waals surface area contributed by atoms with Crippen LogP contribution < -0.4 is 5.32 Å². The fourth-order valence-electron chi connectivity index (χ4n) is 1.63. The molecule has 1 fully saturated rings. The number of rotatable bonds is 1. The summed E-state index contributed by atoms with van der Waals surface area (Å²) in [6, 6.07) is 2.37. The number of hydrogen-bond donors (Lipinski definition) is 2. The molecule has 0 radical (unpaired) electrons. The van der Waals surface area contributed by atoms with Gasteiger partial charge < -0.3 is 15.2 Å². The van der Waals surface area contributed by atoms with Gasteiger partial charge in [0.15, 0.2) is 0 Å². The lowest BCUT2D eigenvalue weighted by atomic mass is 10.1. The summed E-state index contributed by atoms with van der Waals surface area (Å²) in [6.07, 6.45) is 0. The van der Waals surface area contributed by atoms with Crippen LogP contribution in [0.4, 0.5) is 4.39 Å². The number of ether oxygens (including phenoxy) is 1. The second-order valence-corrected chi connectivity index (χ2v) is 4.17. The number of phenolic OH excluding ortho intramolecular Hbond substituents is 1. The van der Waals surface area contributed by atoms with Gasteiger partial charge >= 0.3 is 0 Å². The maximum atomic E-state index is 13.6. The maximum Gasteiger partial charge on any atom is 0.130 e. The predicted octanol–water partition coefficient (Wildman–Crippen LogP) is 1.95. The zero-order valence-corrected chi connectivity index (χ0v) is 9.55. The molecule has 5 heteroatoms. The molecular weight excluding hydrogens is 265 g/mol. The lowest BCUT2D eigenvalue weighted by molar-refractivity contribution is 0.0754. The van der Waals surface area contributed by atoms with E-state index in [2.05, 4.69) is 21.2 Å². The molecule has 3 nitrogen and oxygen atoms in total. The summed E-state index contributed by atoms with van der Waals surface area (Å²) >= 11 is 3.18. The average molecular weight is 276 g/mol. The third-order valence-corrected chi connectivity index (χ3v) is 3.21. The van der Waals surface area contributed by atoms with Gasteiger partial charge in [0.05, 0.1) is 23.7 Å². The monoisotopic (exact) mass is 275 g/mol. The Balaban J connectivity index is 2.36. The molecule has 0 aliphatic carbocycles. The van der Waals surface area contributed by atoms with Crippen LogP contribution in [0.25, 0.3) is 0 Å². The summed E-state index contributed by atoms with van der Waals surface area (Å²) in [5.41, 5.74) is 0.426. The number of benzene rings is 1. The predicted molar refractivity (Wildman–Crippen MR) is 57.3 cm³/mol. The molecule has 0 bridgehead atoms. The Morgan fingerprint density at radius 2 is 2.33 bits per heavy atom. The smallest absolute Gasteiger partial charge is 0.130 e. The first-order valence-corrected chi connectivity index (χ1v) is 5.47. The minimum Gasteiger partial charge on any atom is -0.507 e. The summed E-state index contributed by atoms with van der Waals surface area (Å²) in [4.78, 5) is 0. The normalized spacial score (nSPS) is 21.6. The van der Waals surface area contributed by atoms with Gasteiger partial charge in [-0.05, 0) is 28.1 Å². The van der Waals surface area contributed by atoms with Crippen LogP contribution in [-0.4, -0.2) is 24.9 Å². The quantitative estimate of drug-likeness (QED) is 0.823. The molecule has 1 aliphatic heterocycles. The topological polar surface area (TPSA) is 41.5 Å². The highest BCUT2D eigenvalue weighted by Crippen LogP contribution is 2.34. The number of nitrogens with one attached hydrogen (secondary N) is 1. The van der Waals surface area contributed by atoms with Crippen LogP contribution in [0.15, 0.2) is 16.6 Å². The molecule has 15 heavy (non-hydrogen) atoms. The van der Waals surface area contributed by atoms with E-state index in [0.29, 0.717) is 29.8 Å². The number of aromatic hydroxyl groups is 1. The first kappa shape index (κ1) is 10.9. The first-order valence-electron chi connectivity index (χ1n) is 4.68. The maximum absolute atomic E-state index is 13.6. The second kappa shape index (κ2) is 4.47. The molecule has 0 aromatic heterocycles. The summed E-state index contributed by atoms with van der Waals surface area (Å²) in [5, 5.41) is 12.6. The van der Waals surface area contributed by atoms with Gasteiger partial charge in [0, 0.05) is 12.1 Å². The molecule has 82 valence electrons. The molecule has 0 saturated carbocycles. The van der Waals surface area contributed by atoms with Crippen molar-refractivity contribution < 1.29 is 14.2 Å². The Bertz CT molecular complexity index is 367. The largest absolute Gasteiger partial charge is 0.507 e. The zero-order chi connectivity index (χ0) is 10.8. The molecule has 1 saturated heterocycles. The van der Waals surface area contributed by atoms with Gasteiger partial charge in [-0.25, -0.2) is 4.39 Å². The standard InChI is InChI=1S/C10H11BrFNO2/c11-10-8(14)2-1-6(12)9(10)7-5-15-4-3-13-7/h1-2,7,13-14H,3-5H2. The van der Waals surface area contributed by atoms with E-state index in [1.807, 2.05) is 0 Å². The van der Waals surface area contributed by atoms with Crippen molar-refractivity contribution in [3.8, 4) is 5.75 Å². The third kappa shape index (κ3) is 2.14. The van der Waals surface area contributed by atoms with Gasteiger partial charge in [-0.2, -0.15) is 0 Å². The van der Waals surface area contributed by atoms with Crippen LogP contribution in [0.2, 0.25) is 0 Å². The molecule has 2 N–H and O–H groups in total. The lowest BCUT2D eigenvalue weighted by Gasteiger charge is -2.25. The fraction of sp³-hybridized carbons (Fsp3) is 0.400. The summed E-state index contributed by atoms with van der Waals surface area (Å²) in [7, 11) is 0. The van der Waals surface area contributed by atoms with Gasteiger partial charge in [0.2, 0.25) is 0 Å². The number of halogens is 2. The Labute approximate surface area is 95.4 Å².